The maximum atomic E-state index is 4.79. The summed E-state index contributed by atoms with van der Waals surface area (Å²) in [6, 6.07) is 0. The molecule has 2 rings (SSSR count). The fourth-order valence-electron chi connectivity index (χ4n) is 2.97. The van der Waals surface area contributed by atoms with E-state index in [-0.39, 0.29) is 0 Å². The molecule has 0 aromatic carbocycles. The predicted molar refractivity (Wildman–Crippen MR) is 82.4 cm³/mol. The van der Waals surface area contributed by atoms with E-state index in [4.69, 9.17) is 4.99 Å². The molecule has 2 nitrogen and oxygen atoms in total. The molecule has 1 heterocycles. The molecular formula is C15H28N2S. The summed E-state index contributed by atoms with van der Waals surface area (Å²) < 4.78 is 0. The van der Waals surface area contributed by atoms with Crippen LogP contribution in [0.2, 0.25) is 0 Å². The smallest absolute Gasteiger partial charge is 0.156 e. The van der Waals surface area contributed by atoms with Crippen LogP contribution in [0, 0.1) is 11.3 Å². The van der Waals surface area contributed by atoms with Gasteiger partial charge in [-0.3, -0.25) is 4.99 Å². The van der Waals surface area contributed by atoms with Gasteiger partial charge >= 0.3 is 0 Å². The number of hydrogen-bond acceptors (Lipinski definition) is 3. The fourth-order valence-corrected chi connectivity index (χ4v) is 4.15. The van der Waals surface area contributed by atoms with Gasteiger partial charge in [-0.2, -0.15) is 0 Å². The summed E-state index contributed by atoms with van der Waals surface area (Å²) in [7, 11) is 0. The molecule has 1 N–H and O–H groups in total. The SMILES string of the molecule is CC(C)CCCNC1=NCC2(CCCCC2)CS1. The van der Waals surface area contributed by atoms with Crippen LogP contribution in [0.1, 0.15) is 58.8 Å². The summed E-state index contributed by atoms with van der Waals surface area (Å²) in [5.41, 5.74) is 0.562. The molecule has 0 saturated heterocycles. The van der Waals surface area contributed by atoms with Crippen molar-refractivity contribution >= 4 is 16.9 Å². The van der Waals surface area contributed by atoms with Crippen molar-refractivity contribution in [1.29, 1.82) is 0 Å². The lowest BCUT2D eigenvalue weighted by Gasteiger charge is -2.38. The van der Waals surface area contributed by atoms with Crippen LogP contribution in [0.15, 0.2) is 4.99 Å². The summed E-state index contributed by atoms with van der Waals surface area (Å²) in [6.07, 6.45) is 9.68. The van der Waals surface area contributed by atoms with Gasteiger partial charge in [-0.15, -0.1) is 0 Å². The average Bonchev–Trinajstić information content (AvgIpc) is 2.38. The topological polar surface area (TPSA) is 24.4 Å². The van der Waals surface area contributed by atoms with Crippen molar-refractivity contribution in [2.75, 3.05) is 18.8 Å². The van der Waals surface area contributed by atoms with E-state index in [1.807, 2.05) is 11.8 Å². The second kappa shape index (κ2) is 6.83. The third-order valence-corrected chi connectivity index (χ3v) is 5.53. The van der Waals surface area contributed by atoms with Crippen LogP contribution < -0.4 is 5.32 Å². The van der Waals surface area contributed by atoms with Crippen LogP contribution in [0.25, 0.3) is 0 Å². The quantitative estimate of drug-likeness (QED) is 0.777. The normalized spacial score (nSPS) is 23.2. The van der Waals surface area contributed by atoms with E-state index in [1.54, 1.807) is 0 Å². The number of rotatable bonds is 4. The molecule has 104 valence electrons. The van der Waals surface area contributed by atoms with E-state index < -0.39 is 0 Å². The molecule has 1 saturated carbocycles. The largest absolute Gasteiger partial charge is 0.365 e. The fraction of sp³-hybridized carbons (Fsp3) is 0.933. The van der Waals surface area contributed by atoms with Crippen LogP contribution in [0.3, 0.4) is 0 Å². The van der Waals surface area contributed by atoms with Crippen molar-refractivity contribution in [3.63, 3.8) is 0 Å². The Morgan fingerprint density at radius 1 is 1.28 bits per heavy atom. The minimum atomic E-state index is 0.562. The molecular weight excluding hydrogens is 240 g/mol. The van der Waals surface area contributed by atoms with Gasteiger partial charge in [-0.25, -0.2) is 0 Å². The van der Waals surface area contributed by atoms with Gasteiger partial charge in [0.1, 0.15) is 0 Å². The maximum absolute atomic E-state index is 4.79. The zero-order chi connectivity index (χ0) is 12.8. The zero-order valence-corrected chi connectivity index (χ0v) is 12.8. The Morgan fingerprint density at radius 3 is 2.67 bits per heavy atom. The highest BCUT2D eigenvalue weighted by molar-refractivity contribution is 8.13. The summed E-state index contributed by atoms with van der Waals surface area (Å²) in [5.74, 6) is 2.11. The van der Waals surface area contributed by atoms with Crippen molar-refractivity contribution in [2.45, 2.75) is 58.8 Å². The number of hydrogen-bond donors (Lipinski definition) is 1. The van der Waals surface area contributed by atoms with Gasteiger partial charge in [-0.1, -0.05) is 44.9 Å². The molecule has 0 radical (unpaired) electrons. The van der Waals surface area contributed by atoms with Gasteiger partial charge in [0, 0.05) is 18.8 Å². The lowest BCUT2D eigenvalue weighted by atomic mass is 9.75. The first-order valence-corrected chi connectivity index (χ1v) is 8.60. The number of thioether (sulfide) groups is 1. The maximum Gasteiger partial charge on any atom is 0.156 e. The number of nitrogens with one attached hydrogen (secondary N) is 1. The lowest BCUT2D eigenvalue weighted by Crippen LogP contribution is -2.37. The monoisotopic (exact) mass is 268 g/mol. The highest BCUT2D eigenvalue weighted by atomic mass is 32.2. The molecule has 3 heteroatoms. The Bertz CT molecular complexity index is 280. The zero-order valence-electron chi connectivity index (χ0n) is 12.0. The predicted octanol–water partition coefficient (Wildman–Crippen LogP) is 4.07. The summed E-state index contributed by atoms with van der Waals surface area (Å²) in [5, 5.41) is 4.72. The molecule has 1 fully saturated rings. The van der Waals surface area contributed by atoms with E-state index in [9.17, 15) is 0 Å². The van der Waals surface area contributed by atoms with E-state index in [0.717, 1.165) is 19.0 Å². The van der Waals surface area contributed by atoms with E-state index in [2.05, 4.69) is 19.2 Å². The molecule has 1 aliphatic heterocycles. The minimum Gasteiger partial charge on any atom is -0.365 e. The highest BCUT2D eigenvalue weighted by Gasteiger charge is 2.34. The average molecular weight is 268 g/mol. The Labute approximate surface area is 116 Å². The molecule has 0 amide bonds. The molecule has 1 spiro atoms. The van der Waals surface area contributed by atoms with Crippen molar-refractivity contribution in [3.05, 3.63) is 0 Å². The highest BCUT2D eigenvalue weighted by Crippen LogP contribution is 2.41. The van der Waals surface area contributed by atoms with Crippen LogP contribution >= 0.6 is 11.8 Å². The molecule has 0 aromatic rings. The van der Waals surface area contributed by atoms with Gasteiger partial charge in [-0.05, 0) is 37.0 Å². The molecule has 18 heavy (non-hydrogen) atoms. The second-order valence-corrected chi connectivity index (χ2v) is 7.40. The Kier molecular flexibility index (Phi) is 5.40. The Morgan fingerprint density at radius 2 is 2.06 bits per heavy atom. The number of amidine groups is 1. The van der Waals surface area contributed by atoms with E-state index in [0.29, 0.717) is 5.41 Å². The number of nitrogens with zero attached hydrogens (tertiary/aromatic N) is 1. The molecule has 1 aliphatic carbocycles. The van der Waals surface area contributed by atoms with Crippen molar-refractivity contribution < 1.29 is 0 Å². The van der Waals surface area contributed by atoms with Crippen LogP contribution in [0.5, 0.6) is 0 Å². The molecule has 0 aromatic heterocycles. The van der Waals surface area contributed by atoms with Gasteiger partial charge in [0.2, 0.25) is 0 Å². The number of aliphatic imine (C=N–C) groups is 1. The van der Waals surface area contributed by atoms with Gasteiger partial charge in [0.15, 0.2) is 5.17 Å². The van der Waals surface area contributed by atoms with Crippen LogP contribution in [-0.4, -0.2) is 24.0 Å². The molecule has 0 bridgehead atoms. The molecule has 2 aliphatic rings. The van der Waals surface area contributed by atoms with Gasteiger partial charge in [0.05, 0.1) is 0 Å². The Hall–Kier alpha value is -0.180. The van der Waals surface area contributed by atoms with Crippen LogP contribution in [0.4, 0.5) is 0 Å². The molecule has 0 atom stereocenters. The van der Waals surface area contributed by atoms with Crippen molar-refractivity contribution in [2.24, 2.45) is 16.3 Å². The minimum absolute atomic E-state index is 0.562. The second-order valence-electron chi connectivity index (χ2n) is 6.43. The third-order valence-electron chi connectivity index (χ3n) is 4.22. The third kappa shape index (κ3) is 4.18. The first kappa shape index (κ1) is 14.2. The van der Waals surface area contributed by atoms with E-state index >= 15 is 0 Å². The van der Waals surface area contributed by atoms with Crippen molar-refractivity contribution in [3.8, 4) is 0 Å². The van der Waals surface area contributed by atoms with Gasteiger partial charge < -0.3 is 5.32 Å². The summed E-state index contributed by atoms with van der Waals surface area (Å²) >= 11 is 1.97. The molecule has 0 unspecified atom stereocenters. The summed E-state index contributed by atoms with van der Waals surface area (Å²) in [6.45, 7) is 6.75. The van der Waals surface area contributed by atoms with Crippen LogP contribution in [-0.2, 0) is 0 Å². The van der Waals surface area contributed by atoms with Crippen molar-refractivity contribution in [1.82, 2.24) is 5.32 Å². The Balaban J connectivity index is 1.69. The summed E-state index contributed by atoms with van der Waals surface area (Å²) in [4.78, 5) is 4.79. The van der Waals surface area contributed by atoms with E-state index in [1.165, 1.54) is 55.9 Å². The lowest BCUT2D eigenvalue weighted by molar-refractivity contribution is 0.232. The first-order valence-electron chi connectivity index (χ1n) is 7.61. The standard InChI is InChI=1S/C15H28N2S/c1-13(2)7-6-10-16-14-17-11-15(12-18-14)8-4-3-5-9-15/h13H,3-12H2,1-2H3,(H,16,17). The first-order chi connectivity index (χ1) is 8.70. The van der Waals surface area contributed by atoms with Gasteiger partial charge in [0.25, 0.3) is 0 Å².